The van der Waals surface area contributed by atoms with E-state index in [4.69, 9.17) is 9.47 Å². The van der Waals surface area contributed by atoms with E-state index in [9.17, 15) is 25.3 Å². The third-order valence-electron chi connectivity index (χ3n) is 7.81. The van der Waals surface area contributed by atoms with Crippen LogP contribution in [-0.4, -0.2) is 99.9 Å². The van der Waals surface area contributed by atoms with Gasteiger partial charge in [0.2, 0.25) is 30.1 Å². The fourth-order valence-corrected chi connectivity index (χ4v) is 12.2. The van der Waals surface area contributed by atoms with E-state index in [1.165, 1.54) is 0 Å². The Hall–Kier alpha value is -1.64. The highest BCUT2D eigenvalue weighted by Gasteiger charge is 2.30. The molecule has 52 heavy (non-hydrogen) atoms. The SMILES string of the molecule is COCOCCC(CSCCNS(=O)(=O)c1ccc(C)cc1)(CSCCNS(=O)(=O)c1ccc(C)cc1)CSCCNS(=O)(=O)c1ccc(C)cc1. The average Bonchev–Trinajstić information content (AvgIpc) is 3.10. The zero-order valence-corrected chi connectivity index (χ0v) is 35.0. The van der Waals surface area contributed by atoms with Crippen molar-refractivity contribution >= 4 is 65.4 Å². The monoisotopic (exact) mass is 833 g/mol. The van der Waals surface area contributed by atoms with Crippen LogP contribution in [0.15, 0.2) is 87.5 Å². The maximum Gasteiger partial charge on any atom is 0.240 e. The molecule has 3 N–H and O–H groups in total. The number of nitrogens with one attached hydrogen (secondary N) is 3. The first-order chi connectivity index (χ1) is 24.7. The summed E-state index contributed by atoms with van der Waals surface area (Å²) in [4.78, 5) is 0.657. The lowest BCUT2D eigenvalue weighted by atomic mass is 9.92. The molecule has 0 aliphatic carbocycles. The Balaban J connectivity index is 1.63. The maximum atomic E-state index is 12.8. The number of hydrogen-bond acceptors (Lipinski definition) is 11. The largest absolute Gasteiger partial charge is 0.359 e. The van der Waals surface area contributed by atoms with Gasteiger partial charge < -0.3 is 9.47 Å². The van der Waals surface area contributed by atoms with Gasteiger partial charge in [-0.15, -0.1) is 0 Å². The average molecular weight is 834 g/mol. The van der Waals surface area contributed by atoms with Crippen LogP contribution in [0, 0.1) is 26.2 Å². The summed E-state index contributed by atoms with van der Waals surface area (Å²) in [5.74, 6) is 3.65. The van der Waals surface area contributed by atoms with Crippen molar-refractivity contribution in [1.29, 1.82) is 0 Å². The van der Waals surface area contributed by atoms with Crippen LogP contribution in [0.3, 0.4) is 0 Å². The highest BCUT2D eigenvalue weighted by atomic mass is 32.2. The Labute approximate surface area is 323 Å². The number of ether oxygens (including phenoxy) is 2. The molecule has 0 heterocycles. The maximum absolute atomic E-state index is 12.8. The van der Waals surface area contributed by atoms with Gasteiger partial charge in [0, 0.05) is 61.3 Å². The van der Waals surface area contributed by atoms with Gasteiger partial charge in [-0.1, -0.05) is 53.1 Å². The number of sulfonamides is 3. The van der Waals surface area contributed by atoms with Crippen molar-refractivity contribution in [3.63, 3.8) is 0 Å². The van der Waals surface area contributed by atoms with E-state index in [0.29, 0.717) is 47.5 Å². The van der Waals surface area contributed by atoms with Gasteiger partial charge in [-0.2, -0.15) is 35.3 Å². The molecule has 0 aliphatic rings. The number of rotatable bonds is 26. The number of thioether (sulfide) groups is 3. The van der Waals surface area contributed by atoms with E-state index in [-0.39, 0.29) is 46.5 Å². The quantitative estimate of drug-likeness (QED) is 0.0736. The van der Waals surface area contributed by atoms with Crippen molar-refractivity contribution in [3.05, 3.63) is 89.5 Å². The fraction of sp³-hybridized carbons (Fsp3) is 0.486. The lowest BCUT2D eigenvalue weighted by molar-refractivity contribution is -0.0367. The topological polar surface area (TPSA) is 157 Å². The van der Waals surface area contributed by atoms with E-state index in [2.05, 4.69) is 14.2 Å². The van der Waals surface area contributed by atoms with Gasteiger partial charge in [0.15, 0.2) is 0 Å². The lowest BCUT2D eigenvalue weighted by Gasteiger charge is -2.33. The molecule has 0 saturated carbocycles. The van der Waals surface area contributed by atoms with Crippen LogP contribution in [0.25, 0.3) is 0 Å². The van der Waals surface area contributed by atoms with Crippen LogP contribution in [-0.2, 0) is 39.5 Å². The predicted molar refractivity (Wildman–Crippen MR) is 216 cm³/mol. The standard InChI is InChI=1S/C35H51N3O8S6/c1-29-5-11-32(12-6-29)50(39,40)36-18-22-47-25-35(17-21-46-28-45-4,26-48-23-19-37-51(41,42)33-13-7-30(2)8-14-33)27-49-24-20-38-52(43,44)34-15-9-31(3)10-16-34/h5-16,36-38H,17-28H2,1-4H3. The first-order valence-corrected chi connectivity index (χ1v) is 24.6. The molecule has 3 rings (SSSR count). The first kappa shape index (κ1) is 44.8. The summed E-state index contributed by atoms with van der Waals surface area (Å²) in [6.07, 6.45) is 0.669. The summed E-state index contributed by atoms with van der Waals surface area (Å²) in [5.41, 5.74) is 2.63. The number of benzene rings is 3. The van der Waals surface area contributed by atoms with Crippen molar-refractivity contribution in [2.75, 3.05) is 74.7 Å². The van der Waals surface area contributed by atoms with Gasteiger partial charge >= 0.3 is 0 Å². The molecule has 0 atom stereocenters. The zero-order chi connectivity index (χ0) is 38.1. The van der Waals surface area contributed by atoms with Crippen molar-refractivity contribution in [1.82, 2.24) is 14.2 Å². The molecule has 0 radical (unpaired) electrons. The van der Waals surface area contributed by atoms with Gasteiger partial charge in [-0.25, -0.2) is 39.4 Å². The van der Waals surface area contributed by atoms with E-state index in [1.54, 1.807) is 115 Å². The van der Waals surface area contributed by atoms with Gasteiger partial charge in [-0.05, 0) is 69.0 Å². The molecule has 0 amide bonds. The smallest absolute Gasteiger partial charge is 0.240 e. The molecule has 0 aromatic heterocycles. The number of aryl methyl sites for hydroxylation is 3. The van der Waals surface area contributed by atoms with Crippen LogP contribution in [0.5, 0.6) is 0 Å². The molecule has 0 spiro atoms. The summed E-state index contributed by atoms with van der Waals surface area (Å²) >= 11 is 4.90. The van der Waals surface area contributed by atoms with Gasteiger partial charge in [-0.3, -0.25) is 0 Å². The van der Waals surface area contributed by atoms with Crippen molar-refractivity contribution in [2.45, 2.75) is 41.9 Å². The second-order valence-corrected chi connectivity index (χ2v) is 21.0. The predicted octanol–water partition coefficient (Wildman–Crippen LogP) is 5.04. The molecule has 0 saturated heterocycles. The Morgan fingerprint density at radius 2 is 0.846 bits per heavy atom. The Morgan fingerprint density at radius 1 is 0.538 bits per heavy atom. The highest BCUT2D eigenvalue weighted by Crippen LogP contribution is 2.35. The molecule has 0 unspecified atom stereocenters. The Morgan fingerprint density at radius 3 is 1.13 bits per heavy atom. The summed E-state index contributed by atoms with van der Waals surface area (Å²) in [5, 5.41) is 0. The van der Waals surface area contributed by atoms with Gasteiger partial charge in [0.1, 0.15) is 6.79 Å². The van der Waals surface area contributed by atoms with Crippen molar-refractivity contribution in [2.24, 2.45) is 5.41 Å². The van der Waals surface area contributed by atoms with Crippen LogP contribution in [0.1, 0.15) is 23.1 Å². The minimum Gasteiger partial charge on any atom is -0.359 e. The molecule has 11 nitrogen and oxygen atoms in total. The summed E-state index contributed by atoms with van der Waals surface area (Å²) in [7, 11) is -9.37. The third-order valence-corrected chi connectivity index (χ3v) is 16.2. The summed E-state index contributed by atoms with van der Waals surface area (Å²) in [6.45, 7) is 7.02. The molecule has 17 heteroatoms. The van der Waals surface area contributed by atoms with E-state index >= 15 is 0 Å². The summed E-state index contributed by atoms with van der Waals surface area (Å²) < 4.78 is 95.7. The van der Waals surface area contributed by atoms with E-state index in [1.807, 2.05) is 20.8 Å². The highest BCUT2D eigenvalue weighted by molar-refractivity contribution is 8.01. The lowest BCUT2D eigenvalue weighted by Crippen LogP contribution is -2.34. The second kappa shape index (κ2) is 22.0. The molecule has 0 bridgehead atoms. The minimum atomic E-state index is -3.64. The van der Waals surface area contributed by atoms with Gasteiger partial charge in [0.05, 0.1) is 21.3 Å². The molecule has 290 valence electrons. The molecule has 3 aromatic carbocycles. The zero-order valence-electron chi connectivity index (χ0n) is 30.1. The van der Waals surface area contributed by atoms with Gasteiger partial charge in [0.25, 0.3) is 0 Å². The normalized spacial score (nSPS) is 12.7. The molecular weight excluding hydrogens is 783 g/mol. The van der Waals surface area contributed by atoms with E-state index in [0.717, 1.165) is 16.7 Å². The molecular formula is C35H51N3O8S6. The molecule has 0 fully saturated rings. The molecule has 3 aromatic rings. The molecule has 0 aliphatic heterocycles. The Kier molecular flexibility index (Phi) is 19.0. The Bertz CT molecular complexity index is 1620. The van der Waals surface area contributed by atoms with E-state index < -0.39 is 30.1 Å². The number of hydrogen-bond donors (Lipinski definition) is 3. The number of methoxy groups -OCH3 is 1. The van der Waals surface area contributed by atoms with Crippen molar-refractivity contribution in [3.8, 4) is 0 Å². The second-order valence-electron chi connectivity index (χ2n) is 12.4. The first-order valence-electron chi connectivity index (χ1n) is 16.7. The summed E-state index contributed by atoms with van der Waals surface area (Å²) in [6, 6.07) is 20.1. The van der Waals surface area contributed by atoms with Crippen LogP contribution < -0.4 is 14.2 Å². The van der Waals surface area contributed by atoms with Crippen LogP contribution in [0.2, 0.25) is 0 Å². The van der Waals surface area contributed by atoms with Crippen LogP contribution in [0.4, 0.5) is 0 Å². The fourth-order valence-electron chi connectivity index (χ4n) is 4.79. The van der Waals surface area contributed by atoms with Crippen LogP contribution >= 0.6 is 35.3 Å². The third kappa shape index (κ3) is 15.6. The minimum absolute atomic E-state index is 0.145. The van der Waals surface area contributed by atoms with Crippen molar-refractivity contribution < 1.29 is 34.7 Å².